The second-order valence-corrected chi connectivity index (χ2v) is 4.38. The molecule has 0 N–H and O–H groups in total. The highest BCUT2D eigenvalue weighted by Gasteiger charge is 2.11. The molecular weight excluding hydrogens is 236 g/mol. The maximum atomic E-state index is 5.54. The average molecular weight is 246 g/mol. The van der Waals surface area contributed by atoms with Crippen LogP contribution in [0.25, 0.3) is 33.1 Å². The molecule has 0 amide bonds. The summed E-state index contributed by atoms with van der Waals surface area (Å²) in [6.45, 7) is 0. The van der Waals surface area contributed by atoms with E-state index in [1.807, 2.05) is 36.4 Å². The minimum absolute atomic E-state index is 0.829. The van der Waals surface area contributed by atoms with E-state index in [-0.39, 0.29) is 0 Å². The average Bonchev–Trinajstić information content (AvgIpc) is 2.96. The molecular formula is C16H10N2O. The zero-order valence-electron chi connectivity index (χ0n) is 10.1. The fourth-order valence-electron chi connectivity index (χ4n) is 2.40. The van der Waals surface area contributed by atoms with E-state index in [4.69, 9.17) is 4.42 Å². The van der Waals surface area contributed by atoms with Crippen molar-refractivity contribution in [3.05, 3.63) is 61.1 Å². The van der Waals surface area contributed by atoms with Gasteiger partial charge < -0.3 is 4.42 Å². The van der Waals surface area contributed by atoms with E-state index in [0.29, 0.717) is 0 Å². The molecule has 0 saturated heterocycles. The third-order valence-corrected chi connectivity index (χ3v) is 3.25. The summed E-state index contributed by atoms with van der Waals surface area (Å²) in [6.07, 6.45) is 5.28. The van der Waals surface area contributed by atoms with Crippen LogP contribution in [0, 0.1) is 0 Å². The Balaban J connectivity index is 2.19. The molecule has 0 bridgehead atoms. The van der Waals surface area contributed by atoms with Crippen molar-refractivity contribution in [2.45, 2.75) is 0 Å². The molecule has 3 heteroatoms. The van der Waals surface area contributed by atoms with Crippen LogP contribution in [0.1, 0.15) is 0 Å². The van der Waals surface area contributed by atoms with Crippen LogP contribution in [0.2, 0.25) is 0 Å². The molecule has 0 saturated carbocycles. The third kappa shape index (κ3) is 1.52. The summed E-state index contributed by atoms with van der Waals surface area (Å²) in [6, 6.07) is 14.0. The van der Waals surface area contributed by atoms with E-state index >= 15 is 0 Å². The number of fused-ring (bicyclic) bond motifs is 3. The molecule has 1 aromatic carbocycles. The van der Waals surface area contributed by atoms with E-state index in [9.17, 15) is 0 Å². The van der Waals surface area contributed by atoms with Crippen molar-refractivity contribution in [1.29, 1.82) is 0 Å². The smallest absolute Gasteiger partial charge is 0.160 e. The lowest BCUT2D eigenvalue weighted by Gasteiger charge is -2.06. The number of pyridine rings is 2. The SMILES string of the molecule is c1ccc(-c2cc3ccoc3c3ncccc23)nc1. The minimum Gasteiger partial charge on any atom is -0.462 e. The van der Waals surface area contributed by atoms with Crippen LogP contribution in [-0.4, -0.2) is 9.97 Å². The fraction of sp³-hybridized carbons (Fsp3) is 0. The predicted molar refractivity (Wildman–Crippen MR) is 74.7 cm³/mol. The lowest BCUT2D eigenvalue weighted by atomic mass is 10.0. The molecule has 4 aromatic rings. The van der Waals surface area contributed by atoms with Crippen molar-refractivity contribution in [3.8, 4) is 11.3 Å². The molecule has 19 heavy (non-hydrogen) atoms. The number of hydrogen-bond acceptors (Lipinski definition) is 3. The van der Waals surface area contributed by atoms with Crippen LogP contribution in [0.3, 0.4) is 0 Å². The van der Waals surface area contributed by atoms with Gasteiger partial charge in [0.2, 0.25) is 0 Å². The van der Waals surface area contributed by atoms with Gasteiger partial charge in [-0.15, -0.1) is 0 Å². The van der Waals surface area contributed by atoms with Crippen molar-refractivity contribution < 1.29 is 4.42 Å². The summed E-state index contributed by atoms with van der Waals surface area (Å²) in [5.74, 6) is 0. The summed E-state index contributed by atoms with van der Waals surface area (Å²) in [4.78, 5) is 8.88. The summed E-state index contributed by atoms with van der Waals surface area (Å²) < 4.78 is 5.54. The van der Waals surface area contributed by atoms with Crippen molar-refractivity contribution in [1.82, 2.24) is 9.97 Å². The Morgan fingerprint density at radius 2 is 1.84 bits per heavy atom. The van der Waals surface area contributed by atoms with Crippen LogP contribution in [-0.2, 0) is 0 Å². The number of aromatic nitrogens is 2. The van der Waals surface area contributed by atoms with Gasteiger partial charge >= 0.3 is 0 Å². The first kappa shape index (κ1) is 10.3. The van der Waals surface area contributed by atoms with Crippen LogP contribution in [0.4, 0.5) is 0 Å². The van der Waals surface area contributed by atoms with E-state index in [1.54, 1.807) is 18.7 Å². The molecule has 0 atom stereocenters. The molecule has 0 fully saturated rings. The lowest BCUT2D eigenvalue weighted by Crippen LogP contribution is -1.86. The number of nitrogens with zero attached hydrogens (tertiary/aromatic N) is 2. The number of hydrogen-bond donors (Lipinski definition) is 0. The molecule has 0 aliphatic heterocycles. The highest BCUT2D eigenvalue weighted by molar-refractivity contribution is 6.08. The van der Waals surface area contributed by atoms with Crippen molar-refractivity contribution in [2.24, 2.45) is 0 Å². The monoisotopic (exact) mass is 246 g/mol. The van der Waals surface area contributed by atoms with Gasteiger partial charge in [-0.25, -0.2) is 0 Å². The Labute approximate surface area is 109 Å². The van der Waals surface area contributed by atoms with Gasteiger partial charge in [-0.2, -0.15) is 0 Å². The Morgan fingerprint density at radius 3 is 2.74 bits per heavy atom. The Bertz CT molecular complexity index is 866. The van der Waals surface area contributed by atoms with Crippen LogP contribution in [0.5, 0.6) is 0 Å². The van der Waals surface area contributed by atoms with Gasteiger partial charge in [-0.3, -0.25) is 9.97 Å². The third-order valence-electron chi connectivity index (χ3n) is 3.25. The molecule has 3 heterocycles. The first-order valence-corrected chi connectivity index (χ1v) is 6.10. The van der Waals surface area contributed by atoms with E-state index in [0.717, 1.165) is 33.1 Å². The molecule has 4 rings (SSSR count). The van der Waals surface area contributed by atoms with Gasteiger partial charge in [0.15, 0.2) is 5.58 Å². The van der Waals surface area contributed by atoms with Crippen LogP contribution in [0.15, 0.2) is 65.5 Å². The normalized spacial score (nSPS) is 11.2. The fourth-order valence-corrected chi connectivity index (χ4v) is 2.40. The van der Waals surface area contributed by atoms with E-state index in [1.165, 1.54) is 0 Å². The largest absolute Gasteiger partial charge is 0.462 e. The maximum Gasteiger partial charge on any atom is 0.160 e. The molecule has 3 aromatic heterocycles. The number of benzene rings is 1. The first-order chi connectivity index (χ1) is 9.43. The summed E-state index contributed by atoms with van der Waals surface area (Å²) in [7, 11) is 0. The molecule has 3 nitrogen and oxygen atoms in total. The zero-order chi connectivity index (χ0) is 12.7. The van der Waals surface area contributed by atoms with Crippen LogP contribution >= 0.6 is 0 Å². The van der Waals surface area contributed by atoms with Crippen LogP contribution < -0.4 is 0 Å². The molecule has 0 spiro atoms. The zero-order valence-corrected chi connectivity index (χ0v) is 10.1. The topological polar surface area (TPSA) is 38.9 Å². The summed E-state index contributed by atoms with van der Waals surface area (Å²) in [5, 5.41) is 2.11. The first-order valence-electron chi connectivity index (χ1n) is 6.10. The Kier molecular flexibility index (Phi) is 2.12. The van der Waals surface area contributed by atoms with Gasteiger partial charge in [0.05, 0.1) is 12.0 Å². The second-order valence-electron chi connectivity index (χ2n) is 4.38. The van der Waals surface area contributed by atoms with Gasteiger partial charge in [-0.1, -0.05) is 12.1 Å². The highest BCUT2D eigenvalue weighted by atomic mass is 16.3. The number of rotatable bonds is 1. The Morgan fingerprint density at radius 1 is 0.895 bits per heavy atom. The van der Waals surface area contributed by atoms with Gasteiger partial charge in [-0.05, 0) is 30.3 Å². The standard InChI is InChI=1S/C16H10N2O/c1-2-7-17-14(5-1)13-10-11-6-9-19-16(11)15-12(13)4-3-8-18-15/h1-10H. The summed E-state index contributed by atoms with van der Waals surface area (Å²) >= 11 is 0. The van der Waals surface area contributed by atoms with Gasteiger partial charge in [0.1, 0.15) is 5.52 Å². The minimum atomic E-state index is 0.829. The molecule has 0 aliphatic rings. The van der Waals surface area contributed by atoms with E-state index < -0.39 is 0 Å². The van der Waals surface area contributed by atoms with Gasteiger partial charge in [0.25, 0.3) is 0 Å². The van der Waals surface area contributed by atoms with E-state index in [2.05, 4.69) is 16.0 Å². The highest BCUT2D eigenvalue weighted by Crippen LogP contribution is 2.33. The molecule has 90 valence electrons. The van der Waals surface area contributed by atoms with Crippen molar-refractivity contribution in [2.75, 3.05) is 0 Å². The second kappa shape index (κ2) is 3.92. The van der Waals surface area contributed by atoms with Crippen molar-refractivity contribution >= 4 is 21.9 Å². The molecule has 0 radical (unpaired) electrons. The molecule has 0 aliphatic carbocycles. The van der Waals surface area contributed by atoms with Gasteiger partial charge in [0, 0.05) is 28.7 Å². The summed E-state index contributed by atoms with van der Waals surface area (Å²) in [5.41, 5.74) is 3.74. The predicted octanol–water partition coefficient (Wildman–Crippen LogP) is 4.04. The quantitative estimate of drug-likeness (QED) is 0.508. The lowest BCUT2D eigenvalue weighted by molar-refractivity contribution is 0.618. The maximum absolute atomic E-state index is 5.54. The Hall–Kier alpha value is -2.68. The van der Waals surface area contributed by atoms with Crippen molar-refractivity contribution in [3.63, 3.8) is 0 Å². The molecule has 0 unspecified atom stereocenters. The number of furan rings is 1.